The van der Waals surface area contributed by atoms with Gasteiger partial charge in [0.25, 0.3) is 0 Å². The highest BCUT2D eigenvalue weighted by Crippen LogP contribution is 2.35. The summed E-state index contributed by atoms with van der Waals surface area (Å²) in [6.07, 6.45) is 0. The maximum atomic E-state index is 9.03. The zero-order valence-corrected chi connectivity index (χ0v) is 9.96. The SMILES string of the molecule is OCc1cc(Cl)c(-c2ccccc2)c(Cl)c1. The summed E-state index contributed by atoms with van der Waals surface area (Å²) in [5.74, 6) is 0. The minimum absolute atomic E-state index is 0.0610. The Hall–Kier alpha value is -1.02. The largest absolute Gasteiger partial charge is 0.392 e. The van der Waals surface area contributed by atoms with E-state index in [1.54, 1.807) is 12.1 Å². The van der Waals surface area contributed by atoms with E-state index in [4.69, 9.17) is 28.3 Å². The van der Waals surface area contributed by atoms with Crippen LogP contribution >= 0.6 is 23.2 Å². The van der Waals surface area contributed by atoms with Gasteiger partial charge in [0.05, 0.1) is 16.7 Å². The summed E-state index contributed by atoms with van der Waals surface area (Å²) in [4.78, 5) is 0. The molecule has 0 aliphatic carbocycles. The highest BCUT2D eigenvalue weighted by Gasteiger charge is 2.09. The molecule has 0 bridgehead atoms. The van der Waals surface area contributed by atoms with E-state index in [1.807, 2.05) is 30.3 Å². The standard InChI is InChI=1S/C13H10Cl2O/c14-11-6-9(8-16)7-12(15)13(11)10-4-2-1-3-5-10/h1-7,16H,8H2. The average molecular weight is 253 g/mol. The van der Waals surface area contributed by atoms with Gasteiger partial charge in [0.1, 0.15) is 0 Å². The minimum Gasteiger partial charge on any atom is -0.392 e. The molecule has 82 valence electrons. The first-order chi connectivity index (χ1) is 7.72. The fourth-order valence-electron chi connectivity index (χ4n) is 1.60. The fraction of sp³-hybridized carbons (Fsp3) is 0.0769. The van der Waals surface area contributed by atoms with Gasteiger partial charge in [-0.05, 0) is 23.3 Å². The second kappa shape index (κ2) is 4.88. The molecule has 16 heavy (non-hydrogen) atoms. The third kappa shape index (κ3) is 2.22. The lowest BCUT2D eigenvalue weighted by Crippen LogP contribution is -1.87. The molecule has 0 fully saturated rings. The van der Waals surface area contributed by atoms with Gasteiger partial charge in [0, 0.05) is 5.56 Å². The van der Waals surface area contributed by atoms with E-state index in [1.165, 1.54) is 0 Å². The van der Waals surface area contributed by atoms with Crippen molar-refractivity contribution in [3.8, 4) is 11.1 Å². The molecule has 0 saturated carbocycles. The van der Waals surface area contributed by atoms with Crippen molar-refractivity contribution in [2.45, 2.75) is 6.61 Å². The van der Waals surface area contributed by atoms with Gasteiger partial charge in [-0.1, -0.05) is 53.5 Å². The summed E-state index contributed by atoms with van der Waals surface area (Å²) in [5.41, 5.74) is 2.50. The van der Waals surface area contributed by atoms with E-state index >= 15 is 0 Å². The molecule has 3 heteroatoms. The van der Waals surface area contributed by atoms with Crippen LogP contribution in [0.2, 0.25) is 10.0 Å². The summed E-state index contributed by atoms with van der Waals surface area (Å²) >= 11 is 12.3. The minimum atomic E-state index is -0.0610. The lowest BCUT2D eigenvalue weighted by atomic mass is 10.0. The molecule has 0 aliphatic rings. The molecule has 0 aliphatic heterocycles. The van der Waals surface area contributed by atoms with Crippen LogP contribution in [0.3, 0.4) is 0 Å². The van der Waals surface area contributed by atoms with Gasteiger partial charge in [-0.25, -0.2) is 0 Å². The summed E-state index contributed by atoms with van der Waals surface area (Å²) < 4.78 is 0. The van der Waals surface area contributed by atoms with Crippen molar-refractivity contribution in [2.75, 3.05) is 0 Å². The zero-order valence-electron chi connectivity index (χ0n) is 8.45. The monoisotopic (exact) mass is 252 g/mol. The molecule has 0 aromatic heterocycles. The molecule has 0 amide bonds. The number of rotatable bonds is 2. The van der Waals surface area contributed by atoms with Gasteiger partial charge in [-0.2, -0.15) is 0 Å². The van der Waals surface area contributed by atoms with E-state index in [9.17, 15) is 0 Å². The predicted octanol–water partition coefficient (Wildman–Crippen LogP) is 4.15. The van der Waals surface area contributed by atoms with Gasteiger partial charge in [-0.3, -0.25) is 0 Å². The average Bonchev–Trinajstić information content (AvgIpc) is 2.29. The van der Waals surface area contributed by atoms with Crippen LogP contribution in [0.15, 0.2) is 42.5 Å². The number of hydrogen-bond donors (Lipinski definition) is 1. The van der Waals surface area contributed by atoms with Crippen LogP contribution < -0.4 is 0 Å². The van der Waals surface area contributed by atoms with E-state index < -0.39 is 0 Å². The van der Waals surface area contributed by atoms with E-state index in [0.29, 0.717) is 10.0 Å². The molecule has 0 atom stereocenters. The molecule has 0 unspecified atom stereocenters. The third-order valence-electron chi connectivity index (χ3n) is 2.35. The molecule has 1 nitrogen and oxygen atoms in total. The van der Waals surface area contributed by atoms with Gasteiger partial charge in [0.15, 0.2) is 0 Å². The molecule has 2 aromatic carbocycles. The number of hydrogen-bond acceptors (Lipinski definition) is 1. The molecule has 0 radical (unpaired) electrons. The number of aliphatic hydroxyl groups is 1. The Morgan fingerprint density at radius 3 is 2.00 bits per heavy atom. The predicted molar refractivity (Wildman–Crippen MR) is 67.8 cm³/mol. The molecular formula is C13H10Cl2O. The van der Waals surface area contributed by atoms with Crippen LogP contribution in [0.25, 0.3) is 11.1 Å². The topological polar surface area (TPSA) is 20.2 Å². The van der Waals surface area contributed by atoms with Crippen LogP contribution in [0, 0.1) is 0 Å². The highest BCUT2D eigenvalue weighted by atomic mass is 35.5. The quantitative estimate of drug-likeness (QED) is 0.852. The second-order valence-corrected chi connectivity index (χ2v) is 4.27. The van der Waals surface area contributed by atoms with Gasteiger partial charge < -0.3 is 5.11 Å². The van der Waals surface area contributed by atoms with Crippen LogP contribution in [-0.2, 0) is 6.61 Å². The first-order valence-corrected chi connectivity index (χ1v) is 5.62. The number of benzene rings is 2. The van der Waals surface area contributed by atoms with E-state index in [-0.39, 0.29) is 6.61 Å². The van der Waals surface area contributed by atoms with Crippen LogP contribution in [-0.4, -0.2) is 5.11 Å². The van der Waals surface area contributed by atoms with Crippen molar-refractivity contribution >= 4 is 23.2 Å². The summed E-state index contributed by atoms with van der Waals surface area (Å²) in [6.45, 7) is -0.0610. The Balaban J connectivity index is 2.58. The van der Waals surface area contributed by atoms with E-state index in [2.05, 4.69) is 0 Å². The Labute approximate surface area is 104 Å². The lowest BCUT2D eigenvalue weighted by molar-refractivity contribution is 0.282. The Morgan fingerprint density at radius 1 is 0.938 bits per heavy atom. The van der Waals surface area contributed by atoms with Crippen LogP contribution in [0.5, 0.6) is 0 Å². The van der Waals surface area contributed by atoms with Crippen molar-refractivity contribution in [1.29, 1.82) is 0 Å². The Morgan fingerprint density at radius 2 is 1.50 bits per heavy atom. The van der Waals surface area contributed by atoms with Crippen molar-refractivity contribution < 1.29 is 5.11 Å². The zero-order chi connectivity index (χ0) is 11.5. The normalized spacial score (nSPS) is 10.4. The number of aliphatic hydroxyl groups excluding tert-OH is 1. The van der Waals surface area contributed by atoms with Crippen molar-refractivity contribution in [3.05, 3.63) is 58.1 Å². The Bertz CT molecular complexity index is 472. The van der Waals surface area contributed by atoms with Gasteiger partial charge >= 0.3 is 0 Å². The maximum absolute atomic E-state index is 9.03. The van der Waals surface area contributed by atoms with Gasteiger partial charge in [0.2, 0.25) is 0 Å². The van der Waals surface area contributed by atoms with Crippen molar-refractivity contribution in [3.63, 3.8) is 0 Å². The van der Waals surface area contributed by atoms with E-state index in [0.717, 1.165) is 16.7 Å². The number of halogens is 2. The molecule has 2 aromatic rings. The highest BCUT2D eigenvalue weighted by molar-refractivity contribution is 6.39. The fourth-order valence-corrected chi connectivity index (χ4v) is 2.35. The second-order valence-electron chi connectivity index (χ2n) is 3.46. The molecule has 2 rings (SSSR count). The summed E-state index contributed by atoms with van der Waals surface area (Å²) in [7, 11) is 0. The molecular weight excluding hydrogens is 243 g/mol. The molecule has 0 saturated heterocycles. The van der Waals surface area contributed by atoms with Crippen LogP contribution in [0.4, 0.5) is 0 Å². The van der Waals surface area contributed by atoms with Gasteiger partial charge in [-0.15, -0.1) is 0 Å². The smallest absolute Gasteiger partial charge is 0.0682 e. The summed E-state index contributed by atoms with van der Waals surface area (Å²) in [5, 5.41) is 10.1. The summed E-state index contributed by atoms with van der Waals surface area (Å²) in [6, 6.07) is 13.2. The van der Waals surface area contributed by atoms with Crippen LogP contribution in [0.1, 0.15) is 5.56 Å². The molecule has 1 N–H and O–H groups in total. The first kappa shape index (κ1) is 11.5. The lowest BCUT2D eigenvalue weighted by Gasteiger charge is -2.09. The molecule has 0 spiro atoms. The first-order valence-electron chi connectivity index (χ1n) is 4.86. The van der Waals surface area contributed by atoms with Crippen molar-refractivity contribution in [2.24, 2.45) is 0 Å². The van der Waals surface area contributed by atoms with Crippen molar-refractivity contribution in [1.82, 2.24) is 0 Å². The molecule has 0 heterocycles. The maximum Gasteiger partial charge on any atom is 0.0682 e. The third-order valence-corrected chi connectivity index (χ3v) is 2.94. The Kier molecular flexibility index (Phi) is 3.49.